The minimum absolute atomic E-state index is 0.0170. The summed E-state index contributed by atoms with van der Waals surface area (Å²) in [5, 5.41) is 11.9. The fraction of sp³-hybridized carbons (Fsp3) is 0.577. The van der Waals surface area contributed by atoms with Crippen LogP contribution >= 0.6 is 0 Å². The summed E-state index contributed by atoms with van der Waals surface area (Å²) in [4.78, 5) is 46.1. The lowest BCUT2D eigenvalue weighted by atomic mass is 9.96. The Morgan fingerprint density at radius 3 is 1.38 bits per heavy atom. The molecule has 0 unspecified atom stereocenters. The first-order valence-corrected chi connectivity index (χ1v) is 23.4. The van der Waals surface area contributed by atoms with E-state index < -0.39 is 0 Å². The molecule has 4 N–H and O–H groups in total. The fourth-order valence-electron chi connectivity index (χ4n) is 6.85. The average molecular weight is 925 g/mol. The quantitative estimate of drug-likeness (QED) is 0.0422. The van der Waals surface area contributed by atoms with Crippen molar-refractivity contribution in [2.24, 2.45) is 5.92 Å². The van der Waals surface area contributed by atoms with Crippen molar-refractivity contribution in [2.75, 3.05) is 81.0 Å². The van der Waals surface area contributed by atoms with E-state index in [1.54, 1.807) is 40.8 Å². The largest absolute Gasteiger partial charge is 0.493 e. The van der Waals surface area contributed by atoms with Crippen LogP contribution in [0.1, 0.15) is 142 Å². The maximum absolute atomic E-state index is 12.0. The van der Waals surface area contributed by atoms with Crippen molar-refractivity contribution in [3.63, 3.8) is 0 Å². The van der Waals surface area contributed by atoms with E-state index in [1.807, 2.05) is 87.0 Å². The number of ether oxygens (including phenoxy) is 6. The molecule has 0 atom stereocenters. The molecular formula is C52H84N4O10. The Morgan fingerprint density at radius 1 is 0.500 bits per heavy atom. The second-order valence-electron chi connectivity index (χ2n) is 15.2. The number of rotatable bonds is 27. The molecule has 14 heteroatoms. The molecule has 0 radical (unpaired) electrons. The summed E-state index contributed by atoms with van der Waals surface area (Å²) in [7, 11) is 7.37. The smallest absolute Gasteiger partial charge is 0.203 e. The molecule has 3 aromatic rings. The Bertz CT molecular complexity index is 1910. The van der Waals surface area contributed by atoms with Gasteiger partial charge in [-0.25, -0.2) is 0 Å². The molecule has 3 aromatic carbocycles. The van der Waals surface area contributed by atoms with Gasteiger partial charge in [-0.2, -0.15) is 0 Å². The molecule has 0 heterocycles. The van der Waals surface area contributed by atoms with Crippen LogP contribution in [0.2, 0.25) is 0 Å². The molecule has 0 saturated carbocycles. The van der Waals surface area contributed by atoms with Gasteiger partial charge in [0, 0.05) is 53.4 Å². The minimum Gasteiger partial charge on any atom is -0.493 e. The maximum atomic E-state index is 12.0. The summed E-state index contributed by atoms with van der Waals surface area (Å²) in [6.45, 7) is 27.5. The van der Waals surface area contributed by atoms with Crippen LogP contribution in [0.15, 0.2) is 30.3 Å². The minimum atomic E-state index is 0.0170. The van der Waals surface area contributed by atoms with Crippen LogP contribution in [0.5, 0.6) is 34.5 Å². The third-order valence-corrected chi connectivity index (χ3v) is 9.77. The van der Waals surface area contributed by atoms with Gasteiger partial charge in [-0.1, -0.05) is 32.8 Å². The lowest BCUT2D eigenvalue weighted by Gasteiger charge is -2.20. The van der Waals surface area contributed by atoms with Crippen LogP contribution in [0.3, 0.4) is 0 Å². The number of benzene rings is 3. The number of hydrogen-bond donors (Lipinski definition) is 4. The zero-order chi connectivity index (χ0) is 50.2. The Morgan fingerprint density at radius 2 is 0.955 bits per heavy atom. The van der Waals surface area contributed by atoms with E-state index in [-0.39, 0.29) is 29.1 Å². The van der Waals surface area contributed by atoms with Gasteiger partial charge in [0.25, 0.3) is 0 Å². The lowest BCUT2D eigenvalue weighted by Crippen LogP contribution is -2.32. The molecular weight excluding hydrogens is 841 g/mol. The third-order valence-electron chi connectivity index (χ3n) is 9.77. The highest BCUT2D eigenvalue weighted by Gasteiger charge is 2.23. The zero-order valence-corrected chi connectivity index (χ0v) is 43.2. The van der Waals surface area contributed by atoms with E-state index in [9.17, 15) is 19.2 Å². The maximum Gasteiger partial charge on any atom is 0.203 e. The zero-order valence-electron chi connectivity index (χ0n) is 43.2. The predicted octanol–water partition coefficient (Wildman–Crippen LogP) is 8.78. The van der Waals surface area contributed by atoms with Crippen LogP contribution in [0.25, 0.3) is 0 Å². The summed E-state index contributed by atoms with van der Waals surface area (Å²) in [6, 6.07) is 9.29. The molecule has 0 fully saturated rings. The molecule has 372 valence electrons. The van der Waals surface area contributed by atoms with Crippen molar-refractivity contribution in [3.8, 4) is 34.5 Å². The van der Waals surface area contributed by atoms with Gasteiger partial charge in [-0.15, -0.1) is 0 Å². The first-order chi connectivity index (χ1) is 31.6. The van der Waals surface area contributed by atoms with Gasteiger partial charge in [-0.3, -0.25) is 24.5 Å². The molecule has 0 aliphatic heterocycles. The number of nitrogens with one attached hydrogen (secondary N) is 4. The Labute approximate surface area is 396 Å². The number of hydrogen-bond acceptors (Lipinski definition) is 14. The van der Waals surface area contributed by atoms with Crippen molar-refractivity contribution in [1.29, 1.82) is 0 Å². The topological polar surface area (TPSA) is 172 Å². The summed E-state index contributed by atoms with van der Waals surface area (Å²) >= 11 is 0. The summed E-state index contributed by atoms with van der Waals surface area (Å²) < 4.78 is 34.0. The molecule has 0 spiro atoms. The van der Waals surface area contributed by atoms with Gasteiger partial charge in [0.1, 0.15) is 29.8 Å². The van der Waals surface area contributed by atoms with E-state index in [0.29, 0.717) is 73.9 Å². The van der Waals surface area contributed by atoms with Gasteiger partial charge in [0.05, 0.1) is 38.6 Å². The number of carbonyl (C=O) groups excluding carboxylic acids is 4. The predicted molar refractivity (Wildman–Crippen MR) is 267 cm³/mol. The van der Waals surface area contributed by atoms with E-state index in [4.69, 9.17) is 28.4 Å². The normalized spacial score (nSPS) is 10.3. The number of Topliss-reactive ketones (excluding diaryl/α,β-unsaturated/α-hetero) is 4. The first kappa shape index (κ1) is 61.0. The van der Waals surface area contributed by atoms with Crippen molar-refractivity contribution in [2.45, 2.75) is 115 Å². The SMILES string of the molecule is CCCc1c(C(C)=O)cc(OCC)c(C)c1OCC.CCCc1c(C(C)=O)cc(OCC)c(OCC)c1OCC.CNCC(CNC)C(C)=O.CNCOc1ccc(CNC)cc1C(C)=O. The van der Waals surface area contributed by atoms with Crippen molar-refractivity contribution in [1.82, 2.24) is 21.3 Å². The Hall–Kier alpha value is -5.02. The molecule has 0 bridgehead atoms. The number of carbonyl (C=O) groups is 4. The summed E-state index contributed by atoms with van der Waals surface area (Å²) in [6.07, 6.45) is 3.53. The van der Waals surface area contributed by atoms with E-state index in [0.717, 1.165) is 84.6 Å². The molecule has 3 rings (SSSR count). The lowest BCUT2D eigenvalue weighted by molar-refractivity contribution is -0.120. The summed E-state index contributed by atoms with van der Waals surface area (Å²) in [5.74, 6) is 4.48. The van der Waals surface area contributed by atoms with Gasteiger partial charge in [0.2, 0.25) is 5.75 Å². The summed E-state index contributed by atoms with van der Waals surface area (Å²) in [5.41, 5.74) is 5.99. The molecule has 0 amide bonds. The monoisotopic (exact) mass is 925 g/mol. The number of ketones is 4. The van der Waals surface area contributed by atoms with Gasteiger partial charge in [0.15, 0.2) is 28.8 Å². The first-order valence-electron chi connectivity index (χ1n) is 23.4. The van der Waals surface area contributed by atoms with Crippen LogP contribution < -0.4 is 49.7 Å². The second kappa shape index (κ2) is 35.2. The highest BCUT2D eigenvalue weighted by atomic mass is 16.5. The van der Waals surface area contributed by atoms with E-state index >= 15 is 0 Å². The van der Waals surface area contributed by atoms with Gasteiger partial charge >= 0.3 is 0 Å². The molecule has 0 aliphatic carbocycles. The van der Waals surface area contributed by atoms with Crippen LogP contribution in [-0.2, 0) is 24.2 Å². The van der Waals surface area contributed by atoms with E-state index in [1.165, 1.54) is 0 Å². The van der Waals surface area contributed by atoms with Gasteiger partial charge in [-0.05, 0) is 140 Å². The molecule has 66 heavy (non-hydrogen) atoms. The standard InChI is InChI=1S/C17H26O4.C16H24O3.C12H18N2O2.C7H16N2O/c1-6-10-13-14(12(5)18)11-15(19-7-2)17(21-9-4)16(13)20-8-3;1-6-9-13-14(12(5)17)10-15(18-7-2)11(4)16(13)19-8-3;1-9(15)11-6-10(7-13-2)4-5-12(11)16-8-14-3;1-6(10)7(4-8-2)5-9-3/h11H,6-10H2,1-5H3;10H,6-9H2,1-5H3;4-6,13-14H,7-8H2,1-3H3;7-9H,4-5H2,1-3H3. The fourth-order valence-corrected chi connectivity index (χ4v) is 6.85. The molecule has 0 aromatic heterocycles. The molecule has 14 nitrogen and oxygen atoms in total. The molecule has 0 saturated heterocycles. The van der Waals surface area contributed by atoms with Crippen LogP contribution in [-0.4, -0.2) is 104 Å². The Balaban J connectivity index is 0.000000879. The second-order valence-corrected chi connectivity index (χ2v) is 15.2. The van der Waals surface area contributed by atoms with E-state index in [2.05, 4.69) is 35.1 Å². The van der Waals surface area contributed by atoms with Crippen molar-refractivity contribution in [3.05, 3.63) is 69.3 Å². The highest BCUT2D eigenvalue weighted by Crippen LogP contribution is 2.43. The third kappa shape index (κ3) is 20.7. The molecule has 0 aliphatic rings. The Kier molecular flexibility index (Phi) is 32.5. The van der Waals surface area contributed by atoms with Crippen LogP contribution in [0.4, 0.5) is 0 Å². The van der Waals surface area contributed by atoms with Crippen LogP contribution in [0, 0.1) is 12.8 Å². The highest BCUT2D eigenvalue weighted by molar-refractivity contribution is 5.98. The van der Waals surface area contributed by atoms with Crippen molar-refractivity contribution < 1.29 is 47.6 Å². The van der Waals surface area contributed by atoms with Crippen molar-refractivity contribution >= 4 is 23.1 Å². The van der Waals surface area contributed by atoms with Gasteiger partial charge < -0.3 is 44.4 Å². The average Bonchev–Trinajstić information content (AvgIpc) is 3.27.